The highest BCUT2D eigenvalue weighted by molar-refractivity contribution is 6.15. The van der Waals surface area contributed by atoms with Crippen molar-refractivity contribution in [3.8, 4) is 17.6 Å². The molecule has 2 aliphatic rings. The second-order valence-electron chi connectivity index (χ2n) is 6.70. The van der Waals surface area contributed by atoms with Crippen LogP contribution in [0.25, 0.3) is 0 Å². The highest BCUT2D eigenvalue weighted by Crippen LogP contribution is 2.57. The largest absolute Gasteiger partial charge is 0.507 e. The number of hydrogen-bond acceptors (Lipinski definition) is 6. The first-order valence-corrected chi connectivity index (χ1v) is 8.75. The fourth-order valence-electron chi connectivity index (χ4n) is 4.10. The fraction of sp³-hybridized carbons (Fsp3) is 0.190. The first-order chi connectivity index (χ1) is 13.4. The number of phenols is 1. The highest BCUT2D eigenvalue weighted by Gasteiger charge is 2.59. The molecule has 1 spiro atoms. The zero-order chi connectivity index (χ0) is 20.2. The fourth-order valence-corrected chi connectivity index (χ4v) is 4.10. The van der Waals surface area contributed by atoms with E-state index in [0.29, 0.717) is 11.3 Å². The second kappa shape index (κ2) is 5.86. The predicted octanol–water partition coefficient (Wildman–Crippen LogP) is 2.33. The lowest BCUT2D eigenvalue weighted by Crippen LogP contribution is -2.45. The normalized spacial score (nSPS) is 19.9. The molecule has 7 nitrogen and oxygen atoms in total. The summed E-state index contributed by atoms with van der Waals surface area (Å²) >= 11 is 0. The Morgan fingerprint density at radius 3 is 2.71 bits per heavy atom. The van der Waals surface area contributed by atoms with E-state index in [9.17, 15) is 20.0 Å². The van der Waals surface area contributed by atoms with Gasteiger partial charge in [-0.15, -0.1) is 0 Å². The Hall–Kier alpha value is -3.79. The smallest absolute Gasteiger partial charge is 0.247 e. The molecule has 4 rings (SSSR count). The quantitative estimate of drug-likeness (QED) is 0.778. The van der Waals surface area contributed by atoms with Crippen molar-refractivity contribution in [2.24, 2.45) is 5.73 Å². The molecule has 2 heterocycles. The summed E-state index contributed by atoms with van der Waals surface area (Å²) in [5.41, 5.74) is 5.46. The molecule has 0 fully saturated rings. The number of phenolic OH excluding ortho intramolecular Hbond substituents is 1. The van der Waals surface area contributed by atoms with Gasteiger partial charge in [0.15, 0.2) is 5.78 Å². The number of ether oxygens (including phenoxy) is 1. The number of anilines is 1. The first-order valence-electron chi connectivity index (χ1n) is 8.75. The Morgan fingerprint density at radius 2 is 2.04 bits per heavy atom. The van der Waals surface area contributed by atoms with Crippen LogP contribution in [0.2, 0.25) is 0 Å². The third-order valence-electron chi connectivity index (χ3n) is 5.38. The minimum absolute atomic E-state index is 0.0688. The maximum absolute atomic E-state index is 13.6. The molecule has 0 radical (unpaired) electrons. The van der Waals surface area contributed by atoms with Gasteiger partial charge in [-0.25, -0.2) is 0 Å². The topological polar surface area (TPSA) is 117 Å². The van der Waals surface area contributed by atoms with Crippen LogP contribution in [0.5, 0.6) is 11.5 Å². The Balaban J connectivity index is 2.19. The minimum atomic E-state index is -1.67. The minimum Gasteiger partial charge on any atom is -0.507 e. The molecule has 1 amide bonds. The van der Waals surface area contributed by atoms with Gasteiger partial charge in [0.1, 0.15) is 28.6 Å². The summed E-state index contributed by atoms with van der Waals surface area (Å²) in [4.78, 5) is 27.3. The molecule has 7 heteroatoms. The first kappa shape index (κ1) is 17.6. The third kappa shape index (κ3) is 1.92. The maximum Gasteiger partial charge on any atom is 0.247 e. The molecule has 2 aromatic carbocycles. The number of nitriles is 1. The van der Waals surface area contributed by atoms with E-state index in [-0.39, 0.29) is 46.3 Å². The average Bonchev–Trinajstić information content (AvgIpc) is 2.91. The number of carbonyl (C=O) groups is 2. The number of carbonyl (C=O) groups excluding carboxylic acids is 2. The molecule has 0 bridgehead atoms. The number of fused-ring (bicyclic) bond motifs is 4. The SMILES string of the molecule is CCC(=O)c1ccc2c(c1O)C1(C(=O)N(C)c3ccccc31)C(C#N)=C(N)O2. The van der Waals surface area contributed by atoms with Crippen LogP contribution in [0.1, 0.15) is 34.8 Å². The number of benzene rings is 2. The molecular weight excluding hydrogens is 358 g/mol. The highest BCUT2D eigenvalue weighted by atomic mass is 16.5. The van der Waals surface area contributed by atoms with E-state index < -0.39 is 11.3 Å². The van der Waals surface area contributed by atoms with E-state index in [1.165, 1.54) is 17.0 Å². The van der Waals surface area contributed by atoms with Gasteiger partial charge in [0.05, 0.1) is 11.1 Å². The third-order valence-corrected chi connectivity index (χ3v) is 5.38. The van der Waals surface area contributed by atoms with Crippen LogP contribution in [0, 0.1) is 11.3 Å². The van der Waals surface area contributed by atoms with Crippen molar-refractivity contribution in [3.05, 3.63) is 64.5 Å². The van der Waals surface area contributed by atoms with E-state index in [1.54, 1.807) is 38.2 Å². The van der Waals surface area contributed by atoms with Crippen LogP contribution in [0.15, 0.2) is 47.9 Å². The van der Waals surface area contributed by atoms with Crippen LogP contribution >= 0.6 is 0 Å². The predicted molar refractivity (Wildman–Crippen MR) is 101 cm³/mol. The number of ketones is 1. The van der Waals surface area contributed by atoms with Crippen molar-refractivity contribution in [3.63, 3.8) is 0 Å². The molecule has 28 heavy (non-hydrogen) atoms. The lowest BCUT2D eigenvalue weighted by molar-refractivity contribution is -0.120. The van der Waals surface area contributed by atoms with Crippen molar-refractivity contribution < 1.29 is 19.4 Å². The van der Waals surface area contributed by atoms with Crippen molar-refractivity contribution in [1.82, 2.24) is 0 Å². The van der Waals surface area contributed by atoms with Gasteiger partial charge < -0.3 is 20.5 Å². The van der Waals surface area contributed by atoms with Gasteiger partial charge in [0.25, 0.3) is 0 Å². The number of Topliss-reactive ketones (excluding diaryl/α,β-unsaturated/α-hetero) is 1. The van der Waals surface area contributed by atoms with Crippen LogP contribution < -0.4 is 15.4 Å². The molecule has 1 atom stereocenters. The Kier molecular flexibility index (Phi) is 3.69. The van der Waals surface area contributed by atoms with E-state index in [4.69, 9.17) is 10.5 Å². The molecule has 2 aromatic rings. The van der Waals surface area contributed by atoms with Gasteiger partial charge in [-0.3, -0.25) is 9.59 Å². The van der Waals surface area contributed by atoms with Crippen LogP contribution in [0.4, 0.5) is 5.69 Å². The van der Waals surface area contributed by atoms with Crippen molar-refractivity contribution >= 4 is 17.4 Å². The molecule has 3 N–H and O–H groups in total. The van der Waals surface area contributed by atoms with Gasteiger partial charge in [-0.05, 0) is 18.2 Å². The molecule has 0 saturated carbocycles. The van der Waals surface area contributed by atoms with E-state index in [0.717, 1.165) is 0 Å². The summed E-state index contributed by atoms with van der Waals surface area (Å²) < 4.78 is 5.56. The Bertz CT molecular complexity index is 1130. The summed E-state index contributed by atoms with van der Waals surface area (Å²) in [5.74, 6) is -1.18. The van der Waals surface area contributed by atoms with Gasteiger partial charge in [0, 0.05) is 24.7 Å². The molecule has 0 saturated heterocycles. The van der Waals surface area contributed by atoms with Crippen LogP contribution in [0.3, 0.4) is 0 Å². The van der Waals surface area contributed by atoms with E-state index in [2.05, 4.69) is 0 Å². The van der Waals surface area contributed by atoms with Gasteiger partial charge >= 0.3 is 0 Å². The second-order valence-corrected chi connectivity index (χ2v) is 6.70. The average molecular weight is 375 g/mol. The lowest BCUT2D eigenvalue weighted by atomic mass is 9.68. The number of hydrogen-bond donors (Lipinski definition) is 2. The summed E-state index contributed by atoms with van der Waals surface area (Å²) in [6.07, 6.45) is 0.174. The summed E-state index contributed by atoms with van der Waals surface area (Å²) in [6.45, 7) is 1.68. The van der Waals surface area contributed by atoms with Crippen molar-refractivity contribution in [2.45, 2.75) is 18.8 Å². The zero-order valence-electron chi connectivity index (χ0n) is 15.3. The lowest BCUT2D eigenvalue weighted by Gasteiger charge is -2.35. The van der Waals surface area contributed by atoms with Crippen molar-refractivity contribution in [1.29, 1.82) is 5.26 Å². The number of likely N-dealkylation sites (N-methyl/N-ethyl adjacent to an activating group) is 1. The van der Waals surface area contributed by atoms with Crippen LogP contribution in [-0.2, 0) is 10.2 Å². The van der Waals surface area contributed by atoms with E-state index >= 15 is 0 Å². The summed E-state index contributed by atoms with van der Waals surface area (Å²) in [7, 11) is 1.59. The van der Waals surface area contributed by atoms with Gasteiger partial charge in [-0.2, -0.15) is 5.26 Å². The van der Waals surface area contributed by atoms with Crippen molar-refractivity contribution in [2.75, 3.05) is 11.9 Å². The molecule has 0 aromatic heterocycles. The van der Waals surface area contributed by atoms with Crippen LogP contribution in [-0.4, -0.2) is 23.8 Å². The van der Waals surface area contributed by atoms with Gasteiger partial charge in [0.2, 0.25) is 11.8 Å². The Morgan fingerprint density at radius 1 is 1.32 bits per heavy atom. The molecule has 2 aliphatic heterocycles. The number of rotatable bonds is 2. The number of nitrogens with two attached hydrogens (primary N) is 1. The number of aromatic hydroxyl groups is 1. The zero-order valence-corrected chi connectivity index (χ0v) is 15.3. The van der Waals surface area contributed by atoms with E-state index in [1.807, 2.05) is 6.07 Å². The Labute approximate surface area is 161 Å². The number of amides is 1. The summed E-state index contributed by atoms with van der Waals surface area (Å²) in [6, 6.07) is 11.9. The molecule has 140 valence electrons. The maximum atomic E-state index is 13.6. The standard InChI is InChI=1S/C21H17N3O4/c1-3-15(25)11-8-9-16-17(18(11)26)21(13(10-22)19(23)28-16)12-6-4-5-7-14(12)24(2)20(21)27/h4-9,26H,3,23H2,1-2H3. The monoisotopic (exact) mass is 375 g/mol. The number of nitrogens with zero attached hydrogens (tertiary/aromatic N) is 2. The summed E-state index contributed by atoms with van der Waals surface area (Å²) in [5, 5.41) is 20.9. The van der Waals surface area contributed by atoms with Gasteiger partial charge in [-0.1, -0.05) is 25.1 Å². The molecular formula is C21H17N3O4. The molecule has 1 unspecified atom stereocenters. The number of para-hydroxylation sites is 1. The molecule has 0 aliphatic carbocycles.